The Morgan fingerprint density at radius 3 is 2.12 bits per heavy atom. The first kappa shape index (κ1) is 21.8. The summed E-state index contributed by atoms with van der Waals surface area (Å²) in [6, 6.07) is 19.9. The number of rotatable bonds is 7. The fraction of sp³-hybridized carbons (Fsp3) is 0.240. The number of ether oxygens (including phenoxy) is 2. The summed E-state index contributed by atoms with van der Waals surface area (Å²) in [5.74, 6) is 1.26. The van der Waals surface area contributed by atoms with Gasteiger partial charge in [-0.05, 0) is 42.4 Å². The number of hydrogen-bond donors (Lipinski definition) is 1. The molecule has 0 aliphatic heterocycles. The molecule has 0 fully saturated rings. The van der Waals surface area contributed by atoms with Crippen molar-refractivity contribution in [3.05, 3.63) is 66.2 Å². The number of aromatic nitrogens is 2. The zero-order chi connectivity index (χ0) is 22.5. The summed E-state index contributed by atoms with van der Waals surface area (Å²) in [5.41, 5.74) is 5.18. The molecule has 0 aliphatic carbocycles. The lowest BCUT2D eigenvalue weighted by atomic mass is 10.2. The topological polar surface area (TPSA) is 59.5 Å². The van der Waals surface area contributed by atoms with Gasteiger partial charge in [0.15, 0.2) is 16.6 Å². The largest absolute Gasteiger partial charge is 0.493 e. The van der Waals surface area contributed by atoms with Crippen LogP contribution in [0, 0.1) is 0 Å². The van der Waals surface area contributed by atoms with Crippen LogP contribution >= 0.6 is 12.2 Å². The van der Waals surface area contributed by atoms with Gasteiger partial charge >= 0.3 is 0 Å². The Labute approximate surface area is 193 Å². The average molecular weight is 447 g/mol. The predicted molar refractivity (Wildman–Crippen MR) is 134 cm³/mol. The van der Waals surface area contributed by atoms with Crippen LogP contribution in [0.3, 0.4) is 0 Å². The van der Waals surface area contributed by atoms with Crippen molar-refractivity contribution in [2.75, 3.05) is 26.1 Å². The van der Waals surface area contributed by atoms with Crippen molar-refractivity contribution < 1.29 is 9.47 Å². The SMILES string of the molecule is CCCN(Cc1ccccc1)C(=S)Nc1ccc2nc3cc(OC)c(OC)cc3nc2c1. The minimum Gasteiger partial charge on any atom is -0.493 e. The van der Waals surface area contributed by atoms with E-state index >= 15 is 0 Å². The van der Waals surface area contributed by atoms with E-state index in [0.717, 1.165) is 47.3 Å². The van der Waals surface area contributed by atoms with Crippen molar-refractivity contribution in [2.24, 2.45) is 0 Å². The highest BCUT2D eigenvalue weighted by Gasteiger charge is 2.12. The zero-order valence-electron chi connectivity index (χ0n) is 18.5. The van der Waals surface area contributed by atoms with E-state index in [9.17, 15) is 0 Å². The van der Waals surface area contributed by atoms with E-state index in [1.165, 1.54) is 5.56 Å². The second-order valence-electron chi connectivity index (χ2n) is 7.46. The first-order chi connectivity index (χ1) is 15.6. The molecule has 0 aliphatic rings. The molecule has 0 amide bonds. The molecular weight excluding hydrogens is 420 g/mol. The van der Waals surface area contributed by atoms with Gasteiger partial charge in [-0.3, -0.25) is 0 Å². The normalized spacial score (nSPS) is 10.8. The van der Waals surface area contributed by atoms with Crippen molar-refractivity contribution in [1.82, 2.24) is 14.9 Å². The molecule has 0 atom stereocenters. The molecule has 4 aromatic rings. The number of hydrogen-bond acceptors (Lipinski definition) is 5. The van der Waals surface area contributed by atoms with Gasteiger partial charge in [-0.15, -0.1) is 0 Å². The van der Waals surface area contributed by atoms with E-state index in [-0.39, 0.29) is 0 Å². The van der Waals surface area contributed by atoms with E-state index < -0.39 is 0 Å². The summed E-state index contributed by atoms with van der Waals surface area (Å²) in [4.78, 5) is 11.7. The number of thiocarbonyl (C=S) groups is 1. The summed E-state index contributed by atoms with van der Waals surface area (Å²) < 4.78 is 10.8. The predicted octanol–water partition coefficient (Wildman–Crippen LogP) is 5.41. The summed E-state index contributed by atoms with van der Waals surface area (Å²) in [7, 11) is 3.22. The van der Waals surface area contributed by atoms with Gasteiger partial charge in [0, 0.05) is 30.9 Å². The van der Waals surface area contributed by atoms with Crippen LogP contribution in [0.25, 0.3) is 22.1 Å². The number of methoxy groups -OCH3 is 2. The molecule has 0 unspecified atom stereocenters. The molecule has 32 heavy (non-hydrogen) atoms. The summed E-state index contributed by atoms with van der Waals surface area (Å²) in [5, 5.41) is 4.06. The van der Waals surface area contributed by atoms with Gasteiger partial charge in [-0.25, -0.2) is 9.97 Å². The highest BCUT2D eigenvalue weighted by molar-refractivity contribution is 7.80. The van der Waals surface area contributed by atoms with Crippen molar-refractivity contribution in [3.63, 3.8) is 0 Å². The molecule has 1 N–H and O–H groups in total. The maximum Gasteiger partial charge on any atom is 0.173 e. The molecule has 7 heteroatoms. The standard InChI is InChI=1S/C25H26N4O2S/c1-4-12-29(16-17-8-6-5-7-9-17)25(32)26-18-10-11-19-20(13-18)28-22-15-24(31-3)23(30-2)14-21(22)27-19/h5-11,13-15H,4,12,16H2,1-3H3,(H,26,32). The molecule has 0 radical (unpaired) electrons. The van der Waals surface area contributed by atoms with Gasteiger partial charge in [-0.2, -0.15) is 0 Å². The smallest absolute Gasteiger partial charge is 0.173 e. The molecule has 0 saturated carbocycles. The second kappa shape index (κ2) is 9.78. The second-order valence-corrected chi connectivity index (χ2v) is 7.85. The molecular formula is C25H26N4O2S. The van der Waals surface area contributed by atoms with Gasteiger partial charge in [0.25, 0.3) is 0 Å². The highest BCUT2D eigenvalue weighted by Crippen LogP contribution is 2.31. The Bertz CT molecular complexity index is 1250. The lowest BCUT2D eigenvalue weighted by molar-refractivity contribution is 0.355. The van der Waals surface area contributed by atoms with Crippen LogP contribution in [-0.2, 0) is 6.54 Å². The minimum atomic E-state index is 0.625. The number of fused-ring (bicyclic) bond motifs is 2. The van der Waals surface area contributed by atoms with Crippen LogP contribution in [0.5, 0.6) is 11.5 Å². The third kappa shape index (κ3) is 4.73. The van der Waals surface area contributed by atoms with Crippen molar-refractivity contribution in [1.29, 1.82) is 0 Å². The van der Waals surface area contributed by atoms with E-state index in [1.54, 1.807) is 14.2 Å². The number of nitrogens with one attached hydrogen (secondary N) is 1. The minimum absolute atomic E-state index is 0.625. The van der Waals surface area contributed by atoms with Crippen LogP contribution < -0.4 is 14.8 Å². The maximum absolute atomic E-state index is 5.73. The van der Waals surface area contributed by atoms with Crippen LogP contribution in [0.2, 0.25) is 0 Å². The van der Waals surface area contributed by atoms with E-state index in [4.69, 9.17) is 31.7 Å². The number of benzene rings is 3. The molecule has 1 heterocycles. The fourth-order valence-electron chi connectivity index (χ4n) is 3.61. The summed E-state index contributed by atoms with van der Waals surface area (Å²) in [6.45, 7) is 3.79. The van der Waals surface area contributed by atoms with Gasteiger partial charge in [0.05, 0.1) is 36.3 Å². The molecule has 3 aromatic carbocycles. The van der Waals surface area contributed by atoms with Gasteiger partial charge in [0.2, 0.25) is 0 Å². The first-order valence-corrected chi connectivity index (χ1v) is 11.0. The monoisotopic (exact) mass is 446 g/mol. The molecule has 4 rings (SSSR count). The van der Waals surface area contributed by atoms with Gasteiger partial charge in [-0.1, -0.05) is 37.3 Å². The molecule has 0 saturated heterocycles. The van der Waals surface area contributed by atoms with E-state index in [0.29, 0.717) is 16.6 Å². The third-order valence-corrected chi connectivity index (χ3v) is 5.55. The summed E-state index contributed by atoms with van der Waals surface area (Å²) >= 11 is 5.73. The fourth-order valence-corrected chi connectivity index (χ4v) is 3.88. The Morgan fingerprint density at radius 1 is 0.875 bits per heavy atom. The van der Waals surface area contributed by atoms with Gasteiger partial charge < -0.3 is 19.7 Å². The van der Waals surface area contributed by atoms with Crippen LogP contribution in [0.4, 0.5) is 5.69 Å². The molecule has 0 spiro atoms. The van der Waals surface area contributed by atoms with E-state index in [1.807, 2.05) is 48.5 Å². The van der Waals surface area contributed by atoms with Crippen LogP contribution in [0.15, 0.2) is 60.7 Å². The maximum atomic E-state index is 5.73. The Balaban J connectivity index is 1.60. The van der Waals surface area contributed by atoms with Crippen molar-refractivity contribution >= 4 is 45.1 Å². The van der Waals surface area contributed by atoms with Crippen LogP contribution in [-0.4, -0.2) is 40.7 Å². The zero-order valence-corrected chi connectivity index (χ0v) is 19.3. The molecule has 1 aromatic heterocycles. The quantitative estimate of drug-likeness (QED) is 0.301. The molecule has 0 bridgehead atoms. The Kier molecular flexibility index (Phi) is 6.66. The van der Waals surface area contributed by atoms with Crippen LogP contribution in [0.1, 0.15) is 18.9 Å². The number of anilines is 1. The van der Waals surface area contributed by atoms with Crippen molar-refractivity contribution in [3.8, 4) is 11.5 Å². The average Bonchev–Trinajstić information content (AvgIpc) is 2.82. The Morgan fingerprint density at radius 2 is 1.50 bits per heavy atom. The lowest BCUT2D eigenvalue weighted by Crippen LogP contribution is -2.34. The first-order valence-electron chi connectivity index (χ1n) is 10.5. The van der Waals surface area contributed by atoms with Gasteiger partial charge in [0.1, 0.15) is 0 Å². The molecule has 6 nitrogen and oxygen atoms in total. The number of nitrogens with zero attached hydrogens (tertiary/aromatic N) is 3. The van der Waals surface area contributed by atoms with E-state index in [2.05, 4.69) is 29.3 Å². The molecule has 164 valence electrons. The lowest BCUT2D eigenvalue weighted by Gasteiger charge is -2.25. The third-order valence-electron chi connectivity index (χ3n) is 5.19. The Hall–Kier alpha value is -3.45. The summed E-state index contributed by atoms with van der Waals surface area (Å²) in [6.07, 6.45) is 1.01. The van der Waals surface area contributed by atoms with Crippen molar-refractivity contribution in [2.45, 2.75) is 19.9 Å². The highest BCUT2D eigenvalue weighted by atomic mass is 32.1.